The van der Waals surface area contributed by atoms with Crippen molar-refractivity contribution in [1.29, 1.82) is 0 Å². The van der Waals surface area contributed by atoms with E-state index < -0.39 is 11.5 Å². The summed E-state index contributed by atoms with van der Waals surface area (Å²) < 4.78 is 6.49. The van der Waals surface area contributed by atoms with Gasteiger partial charge in [-0.25, -0.2) is 4.79 Å². The zero-order valence-electron chi connectivity index (χ0n) is 13.3. The fourth-order valence-electron chi connectivity index (χ4n) is 3.00. The van der Waals surface area contributed by atoms with Crippen molar-refractivity contribution in [3.63, 3.8) is 0 Å². The molecule has 1 saturated carbocycles. The highest BCUT2D eigenvalue weighted by Gasteiger charge is 2.42. The Morgan fingerprint density at radius 2 is 1.86 bits per heavy atom. The van der Waals surface area contributed by atoms with E-state index in [1.54, 1.807) is 23.9 Å². The summed E-state index contributed by atoms with van der Waals surface area (Å²) in [7, 11) is 3.04. The maximum atomic E-state index is 12.5. The number of hydrogen-bond acceptors (Lipinski definition) is 4. The van der Waals surface area contributed by atoms with Crippen LogP contribution in [0.15, 0.2) is 12.3 Å². The summed E-state index contributed by atoms with van der Waals surface area (Å²) >= 11 is 0. The number of hydrogen-bond donors (Lipinski definition) is 1. The summed E-state index contributed by atoms with van der Waals surface area (Å²) in [5.74, 6) is -0.862. The molecule has 0 aromatic carbocycles. The summed E-state index contributed by atoms with van der Waals surface area (Å²) in [4.78, 5) is 36.1. The molecule has 1 heterocycles. The predicted molar refractivity (Wildman–Crippen MR) is 80.7 cm³/mol. The summed E-state index contributed by atoms with van der Waals surface area (Å²) in [5, 5.41) is 2.85. The normalized spacial score (nSPS) is 16.9. The van der Waals surface area contributed by atoms with Crippen LogP contribution in [0.5, 0.6) is 0 Å². The molecule has 0 spiro atoms. The number of methoxy groups -OCH3 is 1. The maximum absolute atomic E-state index is 12.5. The van der Waals surface area contributed by atoms with Gasteiger partial charge in [0, 0.05) is 18.8 Å². The lowest BCUT2D eigenvalue weighted by atomic mass is 9.81. The van der Waals surface area contributed by atoms with Crippen LogP contribution in [-0.4, -0.2) is 34.9 Å². The molecule has 6 nitrogen and oxygen atoms in total. The van der Waals surface area contributed by atoms with Crippen molar-refractivity contribution in [2.45, 2.75) is 44.6 Å². The van der Waals surface area contributed by atoms with Gasteiger partial charge in [0.2, 0.25) is 0 Å². The topological polar surface area (TPSA) is 77.4 Å². The Hall–Kier alpha value is -2.11. The lowest BCUT2D eigenvalue weighted by Crippen LogP contribution is -2.56. The van der Waals surface area contributed by atoms with E-state index in [-0.39, 0.29) is 11.7 Å². The number of carbonyl (C=O) groups excluding carboxylic acids is 3. The smallest absolute Gasteiger partial charge is 0.331 e. The third kappa shape index (κ3) is 3.05. The monoisotopic (exact) mass is 306 g/mol. The van der Waals surface area contributed by atoms with E-state index in [0.717, 1.165) is 19.3 Å². The van der Waals surface area contributed by atoms with E-state index in [4.69, 9.17) is 4.74 Å². The Kier molecular flexibility index (Phi) is 4.68. The molecule has 1 N–H and O–H groups in total. The van der Waals surface area contributed by atoms with Crippen LogP contribution < -0.4 is 5.32 Å². The number of esters is 1. The number of rotatable bonds is 4. The molecule has 22 heavy (non-hydrogen) atoms. The first kappa shape index (κ1) is 16.3. The van der Waals surface area contributed by atoms with E-state index >= 15 is 0 Å². The van der Waals surface area contributed by atoms with Gasteiger partial charge >= 0.3 is 5.97 Å². The molecule has 1 aromatic heterocycles. The van der Waals surface area contributed by atoms with Gasteiger partial charge in [-0.2, -0.15) is 0 Å². The molecule has 2 rings (SSSR count). The average molecular weight is 306 g/mol. The second-order valence-corrected chi connectivity index (χ2v) is 5.87. The molecule has 1 aromatic rings. The third-order valence-corrected chi connectivity index (χ3v) is 4.28. The number of nitrogens with one attached hydrogen (secondary N) is 1. The van der Waals surface area contributed by atoms with E-state index in [2.05, 4.69) is 5.32 Å². The predicted octanol–water partition coefficient (Wildman–Crippen LogP) is 1.83. The lowest BCUT2D eigenvalue weighted by molar-refractivity contribution is -0.149. The van der Waals surface area contributed by atoms with Crippen LogP contribution in [0.3, 0.4) is 0 Å². The molecule has 1 amide bonds. The largest absolute Gasteiger partial charge is 0.467 e. The number of amides is 1. The van der Waals surface area contributed by atoms with Crippen LogP contribution in [0, 0.1) is 0 Å². The standard InChI is InChI=1S/C16H22N2O4/c1-11(19)12-9-13(18(2)10-12)14(20)17-16(15(21)22-3)7-5-4-6-8-16/h9-10H,4-8H2,1-3H3,(H,17,20). The minimum atomic E-state index is -0.954. The molecule has 1 aliphatic carbocycles. The Morgan fingerprint density at radius 3 is 2.36 bits per heavy atom. The van der Waals surface area contributed by atoms with Gasteiger partial charge in [-0.15, -0.1) is 0 Å². The molecule has 6 heteroatoms. The number of ether oxygens (including phenoxy) is 1. The van der Waals surface area contributed by atoms with Crippen LogP contribution >= 0.6 is 0 Å². The molecule has 0 atom stereocenters. The molecule has 1 aliphatic rings. The number of nitrogens with zero attached hydrogens (tertiary/aromatic N) is 1. The second-order valence-electron chi connectivity index (χ2n) is 5.87. The van der Waals surface area contributed by atoms with E-state index in [9.17, 15) is 14.4 Å². The highest BCUT2D eigenvalue weighted by Crippen LogP contribution is 2.29. The van der Waals surface area contributed by atoms with Gasteiger partial charge in [0.05, 0.1) is 7.11 Å². The summed E-state index contributed by atoms with van der Waals surface area (Å²) in [6, 6.07) is 1.55. The third-order valence-electron chi connectivity index (χ3n) is 4.28. The molecule has 1 fully saturated rings. The zero-order chi connectivity index (χ0) is 16.3. The van der Waals surface area contributed by atoms with E-state index in [1.165, 1.54) is 14.0 Å². The number of carbonyl (C=O) groups is 3. The molecule has 0 bridgehead atoms. The van der Waals surface area contributed by atoms with E-state index in [1.807, 2.05) is 0 Å². The summed E-state index contributed by atoms with van der Waals surface area (Å²) in [5.41, 5.74) is -0.118. The fraction of sp³-hybridized carbons (Fsp3) is 0.562. The van der Waals surface area contributed by atoms with Gasteiger partial charge in [0.15, 0.2) is 5.78 Å². The first-order chi connectivity index (χ1) is 10.4. The van der Waals surface area contributed by atoms with Crippen LogP contribution in [0.2, 0.25) is 0 Å². The highest BCUT2D eigenvalue weighted by atomic mass is 16.5. The van der Waals surface area contributed by atoms with Gasteiger partial charge in [-0.1, -0.05) is 19.3 Å². The molecule has 120 valence electrons. The minimum absolute atomic E-state index is 0.102. The van der Waals surface area contributed by atoms with Crippen molar-refractivity contribution in [3.05, 3.63) is 23.5 Å². The number of ketones is 1. The molecule has 0 aliphatic heterocycles. The van der Waals surface area contributed by atoms with Crippen LogP contribution in [0.1, 0.15) is 59.9 Å². The highest BCUT2D eigenvalue weighted by molar-refractivity contribution is 6.01. The number of aryl methyl sites for hydroxylation is 1. The molecule has 0 radical (unpaired) electrons. The Morgan fingerprint density at radius 1 is 1.23 bits per heavy atom. The first-order valence-electron chi connectivity index (χ1n) is 7.48. The van der Waals surface area contributed by atoms with Gasteiger partial charge in [0.25, 0.3) is 5.91 Å². The van der Waals surface area contributed by atoms with Gasteiger partial charge < -0.3 is 14.6 Å². The quantitative estimate of drug-likeness (QED) is 0.680. The summed E-state index contributed by atoms with van der Waals surface area (Å²) in [6.07, 6.45) is 5.57. The van der Waals surface area contributed by atoms with Crippen molar-refractivity contribution in [3.8, 4) is 0 Å². The van der Waals surface area contributed by atoms with Gasteiger partial charge in [-0.05, 0) is 25.8 Å². The zero-order valence-corrected chi connectivity index (χ0v) is 13.3. The fourth-order valence-corrected chi connectivity index (χ4v) is 3.00. The van der Waals surface area contributed by atoms with Crippen molar-refractivity contribution < 1.29 is 19.1 Å². The Labute approximate surface area is 129 Å². The lowest BCUT2D eigenvalue weighted by Gasteiger charge is -2.35. The molecule has 0 saturated heterocycles. The van der Waals surface area contributed by atoms with Crippen LogP contribution in [0.4, 0.5) is 0 Å². The Bertz CT molecular complexity index is 597. The maximum Gasteiger partial charge on any atom is 0.331 e. The van der Waals surface area contributed by atoms with Crippen LogP contribution in [-0.2, 0) is 16.6 Å². The second kappa shape index (κ2) is 6.34. The SMILES string of the molecule is COC(=O)C1(NC(=O)c2cc(C(C)=O)cn2C)CCCCC1. The van der Waals surface area contributed by atoms with Gasteiger partial charge in [-0.3, -0.25) is 9.59 Å². The van der Waals surface area contributed by atoms with Crippen molar-refractivity contribution in [2.24, 2.45) is 7.05 Å². The number of aromatic nitrogens is 1. The van der Waals surface area contributed by atoms with Crippen molar-refractivity contribution in [1.82, 2.24) is 9.88 Å². The molecular weight excluding hydrogens is 284 g/mol. The average Bonchev–Trinajstić information content (AvgIpc) is 2.89. The number of Topliss-reactive ketones (excluding diaryl/α,β-unsaturated/α-hetero) is 1. The summed E-state index contributed by atoms with van der Waals surface area (Å²) in [6.45, 7) is 1.45. The van der Waals surface area contributed by atoms with Crippen LogP contribution in [0.25, 0.3) is 0 Å². The first-order valence-corrected chi connectivity index (χ1v) is 7.48. The van der Waals surface area contributed by atoms with E-state index in [0.29, 0.717) is 24.1 Å². The minimum Gasteiger partial charge on any atom is -0.467 e. The van der Waals surface area contributed by atoms with Gasteiger partial charge in [0.1, 0.15) is 11.2 Å². The Balaban J connectivity index is 2.25. The van der Waals surface area contributed by atoms with Crippen molar-refractivity contribution in [2.75, 3.05) is 7.11 Å². The molecule has 0 unspecified atom stereocenters. The molecular formula is C16H22N2O4. The van der Waals surface area contributed by atoms with Crippen molar-refractivity contribution >= 4 is 17.7 Å².